The fraction of sp³-hybridized carbons (Fsp3) is 0.154. The van der Waals surface area contributed by atoms with Gasteiger partial charge in [-0.05, 0) is 54.1 Å². The Morgan fingerprint density at radius 3 is 2.18 bits per heavy atom. The molecule has 0 aliphatic rings. The van der Waals surface area contributed by atoms with E-state index in [1.807, 2.05) is 30.3 Å². The van der Waals surface area contributed by atoms with Gasteiger partial charge in [0.1, 0.15) is 11.9 Å². The zero-order valence-electron chi connectivity index (χ0n) is 19.6. The number of nitrogens with one attached hydrogen (secondary N) is 2. The number of rotatable bonds is 10. The Morgan fingerprint density at radius 1 is 0.895 bits per heavy atom. The van der Waals surface area contributed by atoms with Gasteiger partial charge in [0.25, 0.3) is 0 Å². The molecule has 12 heteroatoms. The van der Waals surface area contributed by atoms with Gasteiger partial charge < -0.3 is 15.7 Å². The second-order valence-electron chi connectivity index (χ2n) is 8.05. The smallest absolute Gasteiger partial charge is 0.416 e. The van der Waals surface area contributed by atoms with Crippen molar-refractivity contribution in [3.8, 4) is 11.4 Å². The Kier molecular flexibility index (Phi) is 8.41. The number of carboxylic acid groups (broad SMARTS) is 1. The minimum Gasteiger partial charge on any atom is -0.480 e. The van der Waals surface area contributed by atoms with Crippen LogP contribution in [0, 0.1) is 5.82 Å². The topological polar surface area (TPSA) is 100 Å². The summed E-state index contributed by atoms with van der Waals surface area (Å²) in [7, 11) is 0. The molecule has 0 unspecified atom stereocenters. The van der Waals surface area contributed by atoms with Gasteiger partial charge in [-0.25, -0.2) is 9.18 Å². The number of aromatic nitrogens is 3. The zero-order valence-corrected chi connectivity index (χ0v) is 20.4. The summed E-state index contributed by atoms with van der Waals surface area (Å²) >= 11 is 1.41. The van der Waals surface area contributed by atoms with E-state index in [1.165, 1.54) is 48.2 Å². The molecule has 0 saturated carbocycles. The summed E-state index contributed by atoms with van der Waals surface area (Å²) < 4.78 is 52.1. The maximum absolute atomic E-state index is 13.4. The predicted molar refractivity (Wildman–Crippen MR) is 138 cm³/mol. The van der Waals surface area contributed by atoms with Gasteiger partial charge in [-0.1, -0.05) is 30.3 Å². The Hall–Kier alpha value is -4.19. The van der Waals surface area contributed by atoms with Crippen molar-refractivity contribution in [1.82, 2.24) is 15.0 Å². The molecule has 7 nitrogen and oxygen atoms in total. The first-order valence-electron chi connectivity index (χ1n) is 11.2. The van der Waals surface area contributed by atoms with Crippen LogP contribution in [0.5, 0.6) is 0 Å². The number of nitrogens with zero attached hydrogens (tertiary/aromatic N) is 3. The summed E-state index contributed by atoms with van der Waals surface area (Å²) in [5.41, 5.74) is 0.930. The number of benzene rings is 3. The molecular formula is C26H21F4N5O2S. The number of halogens is 4. The molecule has 4 rings (SSSR count). The van der Waals surface area contributed by atoms with Crippen LogP contribution in [0.4, 0.5) is 35.1 Å². The predicted octanol–water partition coefficient (Wildman–Crippen LogP) is 6.24. The Balaban J connectivity index is 1.57. The number of carbonyl (C=O) groups is 1. The number of hydrogen-bond acceptors (Lipinski definition) is 7. The standard InChI is InChI=1S/C26H21F4N5O2S/c27-19-10-6-17(7-11-19)22-33-24(31-20-12-8-18(9-13-20)26(28,29)30)35-25(34-22)32-21(23(36)37)15-38-14-16-4-2-1-3-5-16/h1-13,21H,14-15H2,(H,36,37)(H2,31,32,33,34,35)/t21-/m0/s1. The highest BCUT2D eigenvalue weighted by atomic mass is 32.2. The Bertz CT molecular complexity index is 1370. The van der Waals surface area contributed by atoms with Gasteiger partial charge in [0.05, 0.1) is 5.56 Å². The largest absolute Gasteiger partial charge is 0.480 e. The summed E-state index contributed by atoms with van der Waals surface area (Å²) in [6, 6.07) is 18.1. The highest BCUT2D eigenvalue weighted by Crippen LogP contribution is 2.30. The van der Waals surface area contributed by atoms with Crippen molar-refractivity contribution in [2.24, 2.45) is 0 Å². The van der Waals surface area contributed by atoms with Gasteiger partial charge >= 0.3 is 12.1 Å². The number of alkyl halides is 3. The lowest BCUT2D eigenvalue weighted by Crippen LogP contribution is -2.32. The fourth-order valence-electron chi connectivity index (χ4n) is 3.30. The van der Waals surface area contributed by atoms with E-state index in [2.05, 4.69) is 25.6 Å². The third kappa shape index (κ3) is 7.42. The molecule has 0 aliphatic heterocycles. The van der Waals surface area contributed by atoms with Crippen LogP contribution in [0.1, 0.15) is 11.1 Å². The van der Waals surface area contributed by atoms with Gasteiger partial charge in [0.15, 0.2) is 5.82 Å². The van der Waals surface area contributed by atoms with Crippen LogP contribution in [0.25, 0.3) is 11.4 Å². The SMILES string of the molecule is O=C(O)[C@H](CSCc1ccccc1)Nc1nc(Nc2ccc(C(F)(F)F)cc2)nc(-c2ccc(F)cc2)n1. The lowest BCUT2D eigenvalue weighted by molar-refractivity contribution is -0.138. The highest BCUT2D eigenvalue weighted by molar-refractivity contribution is 7.98. The molecule has 4 aromatic rings. The average molecular weight is 544 g/mol. The first-order valence-corrected chi connectivity index (χ1v) is 12.4. The Labute approximate surface area is 219 Å². The molecule has 0 aliphatic carbocycles. The van der Waals surface area contributed by atoms with E-state index in [-0.39, 0.29) is 29.2 Å². The quantitative estimate of drug-likeness (QED) is 0.202. The molecule has 0 saturated heterocycles. The molecule has 1 heterocycles. The molecule has 0 bridgehead atoms. The van der Waals surface area contributed by atoms with Gasteiger partial charge in [-0.3, -0.25) is 0 Å². The van der Waals surface area contributed by atoms with Crippen LogP contribution in [0.3, 0.4) is 0 Å². The summed E-state index contributed by atoms with van der Waals surface area (Å²) in [5.74, 6) is -0.784. The van der Waals surface area contributed by atoms with Crippen LogP contribution in [-0.4, -0.2) is 37.8 Å². The molecule has 0 radical (unpaired) electrons. The van der Waals surface area contributed by atoms with Crippen LogP contribution in [0.2, 0.25) is 0 Å². The van der Waals surface area contributed by atoms with Crippen molar-refractivity contribution in [2.45, 2.75) is 18.0 Å². The monoisotopic (exact) mass is 543 g/mol. The maximum atomic E-state index is 13.4. The third-order valence-electron chi connectivity index (χ3n) is 5.20. The minimum absolute atomic E-state index is 0.0392. The molecule has 3 N–H and O–H groups in total. The van der Waals surface area contributed by atoms with E-state index in [0.717, 1.165) is 17.7 Å². The minimum atomic E-state index is -4.48. The van der Waals surface area contributed by atoms with Crippen molar-refractivity contribution in [3.63, 3.8) is 0 Å². The van der Waals surface area contributed by atoms with Crippen molar-refractivity contribution in [1.29, 1.82) is 0 Å². The zero-order chi connectivity index (χ0) is 27.1. The van der Waals surface area contributed by atoms with Crippen molar-refractivity contribution >= 4 is 35.3 Å². The van der Waals surface area contributed by atoms with Crippen LogP contribution >= 0.6 is 11.8 Å². The van der Waals surface area contributed by atoms with Gasteiger partial charge in [-0.15, -0.1) is 0 Å². The number of aliphatic carboxylic acids is 1. The van der Waals surface area contributed by atoms with Gasteiger partial charge in [0, 0.05) is 22.8 Å². The molecule has 0 spiro atoms. The normalized spacial score (nSPS) is 12.1. The van der Waals surface area contributed by atoms with E-state index in [4.69, 9.17) is 0 Å². The van der Waals surface area contributed by atoms with E-state index in [1.54, 1.807) is 0 Å². The van der Waals surface area contributed by atoms with Gasteiger partial charge in [-0.2, -0.15) is 39.9 Å². The highest BCUT2D eigenvalue weighted by Gasteiger charge is 2.30. The average Bonchev–Trinajstić information content (AvgIpc) is 2.89. The number of hydrogen-bond donors (Lipinski definition) is 3. The van der Waals surface area contributed by atoms with Crippen molar-refractivity contribution < 1.29 is 27.5 Å². The lowest BCUT2D eigenvalue weighted by atomic mass is 10.2. The van der Waals surface area contributed by atoms with Crippen molar-refractivity contribution in [2.75, 3.05) is 16.4 Å². The van der Waals surface area contributed by atoms with Crippen LogP contribution in [0.15, 0.2) is 78.9 Å². The maximum Gasteiger partial charge on any atom is 0.416 e. The van der Waals surface area contributed by atoms with Crippen LogP contribution < -0.4 is 10.6 Å². The van der Waals surface area contributed by atoms with Gasteiger partial charge in [0.2, 0.25) is 11.9 Å². The molecular weight excluding hydrogens is 522 g/mol. The summed E-state index contributed by atoms with van der Waals surface area (Å²) in [5, 5.41) is 15.4. The number of anilines is 3. The molecule has 196 valence electrons. The van der Waals surface area contributed by atoms with Crippen LogP contribution in [-0.2, 0) is 16.7 Å². The number of thioether (sulfide) groups is 1. The van der Waals surface area contributed by atoms with Crippen molar-refractivity contribution in [3.05, 3.63) is 95.8 Å². The third-order valence-corrected chi connectivity index (χ3v) is 6.31. The molecule has 38 heavy (non-hydrogen) atoms. The van der Waals surface area contributed by atoms with E-state index < -0.39 is 29.6 Å². The fourth-order valence-corrected chi connectivity index (χ4v) is 4.30. The summed E-state index contributed by atoms with van der Waals surface area (Å²) in [4.78, 5) is 24.7. The molecule has 0 fully saturated rings. The summed E-state index contributed by atoms with van der Waals surface area (Å²) in [6.45, 7) is 0. The molecule has 1 atom stereocenters. The number of carboxylic acids is 1. The summed E-state index contributed by atoms with van der Waals surface area (Å²) in [6.07, 6.45) is -4.48. The first-order chi connectivity index (χ1) is 18.2. The lowest BCUT2D eigenvalue weighted by Gasteiger charge is -2.16. The second-order valence-corrected chi connectivity index (χ2v) is 9.08. The first kappa shape index (κ1) is 26.9. The molecule has 0 amide bonds. The van der Waals surface area contributed by atoms with E-state index in [9.17, 15) is 27.5 Å². The molecule has 1 aromatic heterocycles. The second kappa shape index (κ2) is 11.9. The van der Waals surface area contributed by atoms with E-state index in [0.29, 0.717) is 11.3 Å². The Morgan fingerprint density at radius 2 is 1.55 bits per heavy atom. The molecule has 3 aromatic carbocycles. The van der Waals surface area contributed by atoms with E-state index >= 15 is 0 Å².